The van der Waals surface area contributed by atoms with E-state index in [9.17, 15) is 4.79 Å². The van der Waals surface area contributed by atoms with Gasteiger partial charge < -0.3 is 14.3 Å². The molecule has 25 heavy (non-hydrogen) atoms. The van der Waals surface area contributed by atoms with Gasteiger partial charge >= 0.3 is 11.9 Å². The summed E-state index contributed by atoms with van der Waals surface area (Å²) in [5, 5.41) is 10.3. The van der Waals surface area contributed by atoms with Gasteiger partial charge in [-0.3, -0.25) is 4.79 Å². The van der Waals surface area contributed by atoms with E-state index in [1.54, 1.807) is 42.5 Å². The van der Waals surface area contributed by atoms with Crippen LogP contribution in [0.2, 0.25) is 15.1 Å². The van der Waals surface area contributed by atoms with Crippen LogP contribution in [0, 0.1) is 0 Å². The van der Waals surface area contributed by atoms with Crippen molar-refractivity contribution in [3.63, 3.8) is 0 Å². The number of carboxylic acid groups (broad SMARTS) is 1. The zero-order chi connectivity index (χ0) is 18.0. The van der Waals surface area contributed by atoms with Crippen LogP contribution in [0.15, 0.2) is 46.9 Å². The minimum absolute atomic E-state index is 0.00852. The Morgan fingerprint density at radius 1 is 1.08 bits per heavy atom. The first-order valence-electron chi connectivity index (χ1n) is 7.02. The van der Waals surface area contributed by atoms with E-state index in [-0.39, 0.29) is 24.0 Å². The number of benzene rings is 2. The quantitative estimate of drug-likeness (QED) is 0.595. The number of nitrogens with zero attached hydrogens (tertiary/aromatic N) is 1. The minimum atomic E-state index is -1.06. The fourth-order valence-corrected chi connectivity index (χ4v) is 2.46. The summed E-state index contributed by atoms with van der Waals surface area (Å²) in [6, 6.07) is 11.4. The highest BCUT2D eigenvalue weighted by atomic mass is 35.5. The Kier molecular flexibility index (Phi) is 5.18. The lowest BCUT2D eigenvalue weighted by Crippen LogP contribution is -2.01. The van der Waals surface area contributed by atoms with Gasteiger partial charge in [0, 0.05) is 10.6 Å². The van der Waals surface area contributed by atoms with Gasteiger partial charge in [-0.2, -0.15) is 0 Å². The van der Waals surface area contributed by atoms with Gasteiger partial charge in [-0.1, -0.05) is 34.8 Å². The van der Waals surface area contributed by atoms with Gasteiger partial charge in [0.2, 0.25) is 5.89 Å². The van der Waals surface area contributed by atoms with E-state index in [0.29, 0.717) is 26.4 Å². The molecule has 3 rings (SSSR count). The molecule has 0 saturated carbocycles. The van der Waals surface area contributed by atoms with Crippen molar-refractivity contribution < 1.29 is 19.1 Å². The molecule has 0 aliphatic heterocycles. The summed E-state index contributed by atoms with van der Waals surface area (Å²) in [6.07, 6.45) is -0.353. The van der Waals surface area contributed by atoms with Gasteiger partial charge in [0.05, 0.1) is 16.5 Å². The molecule has 5 nitrogen and oxygen atoms in total. The van der Waals surface area contributed by atoms with Gasteiger partial charge in [-0.15, -0.1) is 0 Å². The van der Waals surface area contributed by atoms with Crippen molar-refractivity contribution in [1.29, 1.82) is 0 Å². The van der Waals surface area contributed by atoms with Crippen LogP contribution in [-0.4, -0.2) is 16.1 Å². The van der Waals surface area contributed by atoms with E-state index >= 15 is 0 Å². The average Bonchev–Trinajstić information content (AvgIpc) is 2.94. The molecule has 128 valence electrons. The summed E-state index contributed by atoms with van der Waals surface area (Å²) in [5.41, 5.74) is 0.704. The molecule has 3 aromatic rings. The lowest BCUT2D eigenvalue weighted by molar-refractivity contribution is -0.136. The number of hydrogen-bond donors (Lipinski definition) is 1. The van der Waals surface area contributed by atoms with Crippen molar-refractivity contribution in [2.75, 3.05) is 0 Å². The molecule has 1 aromatic heterocycles. The van der Waals surface area contributed by atoms with E-state index in [4.69, 9.17) is 49.1 Å². The summed E-state index contributed by atoms with van der Waals surface area (Å²) in [5.74, 6) is -0.451. The number of carboxylic acids is 1. The zero-order valence-corrected chi connectivity index (χ0v) is 14.8. The number of rotatable bonds is 5. The molecule has 0 fully saturated rings. The summed E-state index contributed by atoms with van der Waals surface area (Å²) < 4.78 is 11.2. The van der Waals surface area contributed by atoms with Crippen LogP contribution in [0.1, 0.15) is 5.69 Å². The topological polar surface area (TPSA) is 72.6 Å². The predicted octanol–water partition coefficient (Wildman–Crippen LogP) is 5.72. The second kappa shape index (κ2) is 7.35. The third-order valence-corrected chi connectivity index (χ3v) is 4.16. The van der Waals surface area contributed by atoms with E-state index in [2.05, 4.69) is 4.98 Å². The number of carbonyl (C=O) groups is 1. The molecule has 0 unspecified atom stereocenters. The second-order valence-corrected chi connectivity index (χ2v) is 6.26. The molecular weight excluding hydrogens is 389 g/mol. The zero-order valence-electron chi connectivity index (χ0n) is 12.5. The lowest BCUT2D eigenvalue weighted by atomic mass is 10.2. The fraction of sp³-hybridized carbons (Fsp3) is 0.0588. The van der Waals surface area contributed by atoms with Crippen molar-refractivity contribution >= 4 is 40.8 Å². The Morgan fingerprint density at radius 2 is 1.80 bits per heavy atom. The lowest BCUT2D eigenvalue weighted by Gasteiger charge is -2.03. The first-order valence-corrected chi connectivity index (χ1v) is 8.16. The van der Waals surface area contributed by atoms with Crippen molar-refractivity contribution in [3.8, 4) is 23.1 Å². The molecule has 1 N–H and O–H groups in total. The molecule has 8 heteroatoms. The highest BCUT2D eigenvalue weighted by Crippen LogP contribution is 2.34. The number of hydrogen-bond acceptors (Lipinski definition) is 4. The number of aliphatic carboxylic acids is 1. The van der Waals surface area contributed by atoms with Crippen LogP contribution in [0.4, 0.5) is 0 Å². The van der Waals surface area contributed by atoms with E-state index in [1.807, 2.05) is 0 Å². The smallest absolute Gasteiger partial charge is 0.315 e. The van der Waals surface area contributed by atoms with Crippen molar-refractivity contribution in [3.05, 3.63) is 63.2 Å². The molecule has 0 radical (unpaired) electrons. The number of aromatic nitrogens is 1. The third kappa shape index (κ3) is 4.25. The van der Waals surface area contributed by atoms with Gasteiger partial charge in [0.1, 0.15) is 11.4 Å². The van der Waals surface area contributed by atoms with E-state index < -0.39 is 5.97 Å². The fourth-order valence-electron chi connectivity index (χ4n) is 2.03. The Labute approximate surface area is 157 Å². The number of oxazole rings is 1. The van der Waals surface area contributed by atoms with E-state index in [0.717, 1.165) is 0 Å². The molecule has 0 bridgehead atoms. The van der Waals surface area contributed by atoms with Crippen LogP contribution < -0.4 is 4.74 Å². The Morgan fingerprint density at radius 3 is 2.44 bits per heavy atom. The van der Waals surface area contributed by atoms with Crippen LogP contribution in [0.5, 0.6) is 11.7 Å². The summed E-state index contributed by atoms with van der Waals surface area (Å²) in [6.45, 7) is 0. The third-order valence-electron chi connectivity index (χ3n) is 3.17. The number of ether oxygens (including phenoxy) is 1. The highest BCUT2D eigenvalue weighted by Gasteiger charge is 2.20. The standard InChI is InChI=1S/C17H10Cl3NO4/c18-10-2-4-11(5-3-10)24-17-14(8-15(22)23)21-16(25-17)9-1-6-12(19)13(20)7-9/h1-7H,8H2,(H,22,23). The van der Waals surface area contributed by atoms with E-state index in [1.165, 1.54) is 0 Å². The first-order chi connectivity index (χ1) is 11.9. The summed E-state index contributed by atoms with van der Waals surface area (Å²) in [7, 11) is 0. The highest BCUT2D eigenvalue weighted by molar-refractivity contribution is 6.42. The molecule has 0 amide bonds. The van der Waals surface area contributed by atoms with Crippen LogP contribution in [0.3, 0.4) is 0 Å². The first kappa shape index (κ1) is 17.6. The number of halogens is 3. The van der Waals surface area contributed by atoms with Crippen LogP contribution in [-0.2, 0) is 11.2 Å². The molecule has 1 heterocycles. The Hall–Kier alpha value is -2.21. The molecule has 0 spiro atoms. The largest absolute Gasteiger partial charge is 0.481 e. The van der Waals surface area contributed by atoms with Crippen LogP contribution >= 0.6 is 34.8 Å². The van der Waals surface area contributed by atoms with Gasteiger partial charge in [-0.05, 0) is 42.5 Å². The molecular formula is C17H10Cl3NO4. The van der Waals surface area contributed by atoms with Crippen molar-refractivity contribution in [2.45, 2.75) is 6.42 Å². The molecule has 0 atom stereocenters. The Bertz CT molecular complexity index is 922. The molecule has 0 aliphatic carbocycles. The maximum atomic E-state index is 11.1. The minimum Gasteiger partial charge on any atom is -0.481 e. The summed E-state index contributed by atoms with van der Waals surface area (Å²) >= 11 is 17.7. The average molecular weight is 399 g/mol. The SMILES string of the molecule is O=C(O)Cc1nc(-c2ccc(Cl)c(Cl)c2)oc1Oc1ccc(Cl)cc1. The van der Waals surface area contributed by atoms with Gasteiger partial charge in [0.25, 0.3) is 0 Å². The monoisotopic (exact) mass is 397 g/mol. The normalized spacial score (nSPS) is 10.7. The predicted molar refractivity (Wildman–Crippen MR) is 94.8 cm³/mol. The van der Waals surface area contributed by atoms with Gasteiger partial charge in [0.15, 0.2) is 0 Å². The molecule has 0 aliphatic rings. The maximum Gasteiger partial charge on any atom is 0.315 e. The Balaban J connectivity index is 1.98. The summed E-state index contributed by atoms with van der Waals surface area (Å²) in [4.78, 5) is 15.3. The van der Waals surface area contributed by atoms with Gasteiger partial charge in [-0.25, -0.2) is 4.98 Å². The molecule has 0 saturated heterocycles. The van der Waals surface area contributed by atoms with Crippen molar-refractivity contribution in [1.82, 2.24) is 4.98 Å². The van der Waals surface area contributed by atoms with Crippen molar-refractivity contribution in [2.24, 2.45) is 0 Å². The molecule has 2 aromatic carbocycles. The maximum absolute atomic E-state index is 11.1. The van der Waals surface area contributed by atoms with Crippen LogP contribution in [0.25, 0.3) is 11.5 Å². The second-order valence-electron chi connectivity index (χ2n) is 5.01.